The molecule has 1 aromatic rings. The van der Waals surface area contributed by atoms with E-state index in [0.717, 1.165) is 12.2 Å². The van der Waals surface area contributed by atoms with Crippen LogP contribution in [0.15, 0.2) is 0 Å². The lowest BCUT2D eigenvalue weighted by Crippen LogP contribution is -2.15. The Morgan fingerprint density at radius 3 is 2.87 bits per heavy atom. The molecule has 2 rings (SSSR count). The molecule has 80 valence electrons. The minimum absolute atomic E-state index is 0.0316. The van der Waals surface area contributed by atoms with Crippen LogP contribution in [0.5, 0.6) is 0 Å². The topological polar surface area (TPSA) is 92.3 Å². The van der Waals surface area contributed by atoms with Gasteiger partial charge >= 0.3 is 5.97 Å². The minimum Gasteiger partial charge on any atom is -0.476 e. The van der Waals surface area contributed by atoms with Crippen molar-refractivity contribution in [3.05, 3.63) is 17.0 Å². The van der Waals surface area contributed by atoms with Crippen LogP contribution in [0, 0.1) is 0 Å². The Bertz CT molecular complexity index is 419. The molecule has 0 unspecified atom stereocenters. The van der Waals surface area contributed by atoms with Crippen molar-refractivity contribution in [2.45, 2.75) is 20.0 Å². The summed E-state index contributed by atoms with van der Waals surface area (Å²) in [7, 11) is 0. The normalized spacial score (nSPS) is 15.3. The molecule has 1 aromatic heterocycles. The third-order valence-electron chi connectivity index (χ3n) is 2.51. The number of rotatable bonds is 2. The van der Waals surface area contributed by atoms with Crippen molar-refractivity contribution < 1.29 is 9.90 Å². The number of nitrogen functional groups attached to an aromatic ring is 1. The summed E-state index contributed by atoms with van der Waals surface area (Å²) in [5.74, 6) is -1.01. The number of carboxylic acid groups (broad SMARTS) is 1. The van der Waals surface area contributed by atoms with Gasteiger partial charge in [0.1, 0.15) is 0 Å². The molecule has 0 spiro atoms. The van der Waals surface area contributed by atoms with E-state index in [0.29, 0.717) is 18.7 Å². The molecule has 2 heterocycles. The molecule has 0 radical (unpaired) electrons. The first-order chi connectivity index (χ1) is 7.11. The lowest BCUT2D eigenvalue weighted by Gasteiger charge is -2.09. The van der Waals surface area contributed by atoms with Gasteiger partial charge < -0.3 is 10.8 Å². The Labute approximate surface area is 86.7 Å². The van der Waals surface area contributed by atoms with E-state index in [9.17, 15) is 4.79 Å². The van der Waals surface area contributed by atoms with E-state index in [1.54, 1.807) is 0 Å². The molecule has 6 heteroatoms. The van der Waals surface area contributed by atoms with Crippen LogP contribution in [-0.2, 0) is 13.1 Å². The lowest BCUT2D eigenvalue weighted by molar-refractivity contribution is 0.0688. The zero-order valence-corrected chi connectivity index (χ0v) is 8.40. The van der Waals surface area contributed by atoms with Crippen LogP contribution >= 0.6 is 0 Å². The zero-order chi connectivity index (χ0) is 11.0. The van der Waals surface area contributed by atoms with Crippen LogP contribution in [0.25, 0.3) is 0 Å². The van der Waals surface area contributed by atoms with Gasteiger partial charge in [-0.1, -0.05) is 6.92 Å². The molecule has 0 atom stereocenters. The number of carbonyl (C=O) groups is 1. The highest BCUT2D eigenvalue weighted by Gasteiger charge is 2.26. The number of nitrogens with zero attached hydrogens (tertiary/aromatic N) is 3. The van der Waals surface area contributed by atoms with E-state index >= 15 is 0 Å². The molecule has 0 bridgehead atoms. The first-order valence-electron chi connectivity index (χ1n) is 4.72. The molecule has 0 saturated carbocycles. The van der Waals surface area contributed by atoms with Gasteiger partial charge in [0.2, 0.25) is 5.95 Å². The average Bonchev–Trinajstić information content (AvgIpc) is 2.58. The van der Waals surface area contributed by atoms with Crippen molar-refractivity contribution >= 4 is 11.9 Å². The van der Waals surface area contributed by atoms with Crippen LogP contribution in [0.4, 0.5) is 5.95 Å². The van der Waals surface area contributed by atoms with Crippen molar-refractivity contribution in [1.82, 2.24) is 14.9 Å². The van der Waals surface area contributed by atoms with E-state index in [1.165, 1.54) is 0 Å². The quantitative estimate of drug-likeness (QED) is 0.715. The molecule has 6 nitrogen and oxygen atoms in total. The molecule has 15 heavy (non-hydrogen) atoms. The Hall–Kier alpha value is -1.69. The van der Waals surface area contributed by atoms with Crippen molar-refractivity contribution in [3.8, 4) is 0 Å². The average molecular weight is 208 g/mol. The van der Waals surface area contributed by atoms with Crippen LogP contribution in [0.3, 0.4) is 0 Å². The number of hydrogen-bond donors (Lipinski definition) is 2. The van der Waals surface area contributed by atoms with E-state index < -0.39 is 5.97 Å². The summed E-state index contributed by atoms with van der Waals surface area (Å²) >= 11 is 0. The second-order valence-corrected chi connectivity index (χ2v) is 3.46. The number of carboxylic acids is 1. The molecule has 1 aliphatic heterocycles. The van der Waals surface area contributed by atoms with Crippen LogP contribution in [0.1, 0.15) is 28.7 Å². The summed E-state index contributed by atoms with van der Waals surface area (Å²) in [6.45, 7) is 4.12. The van der Waals surface area contributed by atoms with Gasteiger partial charge in [-0.25, -0.2) is 14.8 Å². The molecule has 1 aliphatic rings. The number of aromatic carboxylic acids is 1. The number of hydrogen-bond acceptors (Lipinski definition) is 5. The smallest absolute Gasteiger partial charge is 0.355 e. The van der Waals surface area contributed by atoms with Crippen molar-refractivity contribution in [3.63, 3.8) is 0 Å². The number of aromatic nitrogens is 2. The van der Waals surface area contributed by atoms with E-state index in [4.69, 9.17) is 10.8 Å². The van der Waals surface area contributed by atoms with Crippen LogP contribution in [0.2, 0.25) is 0 Å². The van der Waals surface area contributed by atoms with Gasteiger partial charge in [-0.3, -0.25) is 4.90 Å². The molecule has 0 aliphatic carbocycles. The highest BCUT2D eigenvalue weighted by molar-refractivity contribution is 5.87. The Balaban J connectivity index is 2.48. The molecular weight excluding hydrogens is 196 g/mol. The third kappa shape index (κ3) is 1.63. The van der Waals surface area contributed by atoms with Crippen molar-refractivity contribution in [1.29, 1.82) is 0 Å². The van der Waals surface area contributed by atoms with Crippen LogP contribution in [-0.4, -0.2) is 32.5 Å². The summed E-state index contributed by atoms with van der Waals surface area (Å²) in [6, 6.07) is 0. The molecular formula is C9H12N4O2. The number of fused-ring (bicyclic) bond motifs is 1. The molecule has 0 fully saturated rings. The zero-order valence-electron chi connectivity index (χ0n) is 8.40. The standard InChI is InChI=1S/C9H12N4O2/c1-2-13-3-5-6(4-13)11-9(10)12-7(5)8(14)15/h2-4H2,1H3,(H,14,15)(H2,10,11,12). The fourth-order valence-electron chi connectivity index (χ4n) is 1.74. The van der Waals surface area contributed by atoms with Gasteiger partial charge in [-0.05, 0) is 6.54 Å². The highest BCUT2D eigenvalue weighted by atomic mass is 16.4. The predicted molar refractivity (Wildman–Crippen MR) is 53.2 cm³/mol. The number of nitrogens with two attached hydrogens (primary N) is 1. The monoisotopic (exact) mass is 208 g/mol. The largest absolute Gasteiger partial charge is 0.476 e. The van der Waals surface area contributed by atoms with Gasteiger partial charge in [0.05, 0.1) is 5.69 Å². The summed E-state index contributed by atoms with van der Waals surface area (Å²) in [5.41, 5.74) is 6.92. The lowest BCUT2D eigenvalue weighted by atomic mass is 10.2. The van der Waals surface area contributed by atoms with E-state index in [2.05, 4.69) is 14.9 Å². The van der Waals surface area contributed by atoms with Gasteiger partial charge in [0, 0.05) is 18.7 Å². The third-order valence-corrected chi connectivity index (χ3v) is 2.51. The fourth-order valence-corrected chi connectivity index (χ4v) is 1.74. The van der Waals surface area contributed by atoms with E-state index in [-0.39, 0.29) is 11.6 Å². The Morgan fingerprint density at radius 1 is 1.53 bits per heavy atom. The van der Waals surface area contributed by atoms with Gasteiger partial charge in [0.15, 0.2) is 5.69 Å². The molecule has 0 saturated heterocycles. The maximum Gasteiger partial charge on any atom is 0.355 e. The second-order valence-electron chi connectivity index (χ2n) is 3.46. The minimum atomic E-state index is -1.04. The highest BCUT2D eigenvalue weighted by Crippen LogP contribution is 2.23. The number of anilines is 1. The summed E-state index contributed by atoms with van der Waals surface area (Å²) in [5, 5.41) is 8.97. The SMILES string of the molecule is CCN1Cc2nc(N)nc(C(=O)O)c2C1. The van der Waals surface area contributed by atoms with Crippen molar-refractivity contribution in [2.24, 2.45) is 0 Å². The first-order valence-corrected chi connectivity index (χ1v) is 4.72. The maximum atomic E-state index is 10.9. The Kier molecular flexibility index (Phi) is 2.28. The Morgan fingerprint density at radius 2 is 2.27 bits per heavy atom. The fraction of sp³-hybridized carbons (Fsp3) is 0.444. The summed E-state index contributed by atoms with van der Waals surface area (Å²) in [6.07, 6.45) is 0. The maximum absolute atomic E-state index is 10.9. The summed E-state index contributed by atoms with van der Waals surface area (Å²) in [4.78, 5) is 20.8. The molecule has 0 amide bonds. The summed E-state index contributed by atoms with van der Waals surface area (Å²) < 4.78 is 0. The first kappa shape index (κ1) is 9.85. The predicted octanol–water partition coefficient (Wildman–Crippen LogP) is 0.0925. The molecule has 3 N–H and O–H groups in total. The molecule has 0 aromatic carbocycles. The van der Waals surface area contributed by atoms with Crippen molar-refractivity contribution in [2.75, 3.05) is 12.3 Å². The van der Waals surface area contributed by atoms with Gasteiger partial charge in [0.25, 0.3) is 0 Å². The van der Waals surface area contributed by atoms with Gasteiger partial charge in [-0.2, -0.15) is 0 Å². The van der Waals surface area contributed by atoms with Gasteiger partial charge in [-0.15, -0.1) is 0 Å². The van der Waals surface area contributed by atoms with E-state index in [1.807, 2.05) is 6.92 Å². The van der Waals surface area contributed by atoms with Crippen LogP contribution < -0.4 is 5.73 Å². The second kappa shape index (κ2) is 3.47.